The molecule has 6 nitrogen and oxygen atoms in total. The van der Waals surface area contributed by atoms with Gasteiger partial charge in [0.05, 0.1) is 7.11 Å². The fourth-order valence-corrected chi connectivity index (χ4v) is 3.25. The van der Waals surface area contributed by atoms with Crippen molar-refractivity contribution >= 4 is 23.6 Å². The van der Waals surface area contributed by atoms with Gasteiger partial charge in [-0.2, -0.15) is 0 Å². The quantitative estimate of drug-likeness (QED) is 0.823. The largest absolute Gasteiger partial charge is 0.465 e. The van der Waals surface area contributed by atoms with Gasteiger partial charge in [-0.15, -0.1) is 0 Å². The number of carbonyl (C=O) groups is 2. The zero-order valence-corrected chi connectivity index (χ0v) is 14.7. The summed E-state index contributed by atoms with van der Waals surface area (Å²) in [5.74, 6) is -0.145. The second-order valence-electron chi connectivity index (χ2n) is 6.06. The van der Waals surface area contributed by atoms with E-state index in [1.807, 2.05) is 12.1 Å². The Labute approximate surface area is 146 Å². The van der Waals surface area contributed by atoms with Crippen LogP contribution in [0.4, 0.5) is 4.79 Å². The van der Waals surface area contributed by atoms with Gasteiger partial charge in [0.15, 0.2) is 0 Å². The van der Waals surface area contributed by atoms with Gasteiger partial charge in [0.25, 0.3) is 0 Å². The van der Waals surface area contributed by atoms with Crippen molar-refractivity contribution < 1.29 is 19.5 Å². The van der Waals surface area contributed by atoms with Crippen molar-refractivity contribution in [3.8, 4) is 0 Å². The molecule has 0 bridgehead atoms. The van der Waals surface area contributed by atoms with E-state index in [1.54, 1.807) is 19.2 Å². The molecule has 24 heavy (non-hydrogen) atoms. The minimum absolute atomic E-state index is 0.0458. The lowest BCUT2D eigenvalue weighted by Gasteiger charge is -2.35. The molecule has 0 unspecified atom stereocenters. The van der Waals surface area contributed by atoms with Crippen LogP contribution in [-0.4, -0.2) is 47.3 Å². The van der Waals surface area contributed by atoms with E-state index in [1.165, 1.54) is 17.1 Å². The predicted octanol–water partition coefficient (Wildman–Crippen LogP) is 3.40. The first-order valence-corrected chi connectivity index (χ1v) is 8.36. The highest BCUT2D eigenvalue weighted by molar-refractivity contribution is 6.30. The van der Waals surface area contributed by atoms with Crippen LogP contribution < -0.4 is 0 Å². The molecule has 0 heterocycles. The Morgan fingerprint density at radius 2 is 1.79 bits per heavy atom. The van der Waals surface area contributed by atoms with Gasteiger partial charge in [0, 0.05) is 30.6 Å². The molecule has 132 valence electrons. The van der Waals surface area contributed by atoms with E-state index >= 15 is 0 Å². The molecule has 1 fully saturated rings. The molecule has 0 aromatic heterocycles. The zero-order valence-electron chi connectivity index (χ0n) is 13.9. The Morgan fingerprint density at radius 3 is 2.29 bits per heavy atom. The highest BCUT2D eigenvalue weighted by atomic mass is 35.5. The van der Waals surface area contributed by atoms with Crippen molar-refractivity contribution in [2.24, 2.45) is 5.92 Å². The molecule has 0 aliphatic heterocycles. The summed E-state index contributed by atoms with van der Waals surface area (Å²) in [6, 6.07) is 7.11. The summed E-state index contributed by atoms with van der Waals surface area (Å²) >= 11 is 5.87. The Bertz CT molecular complexity index is 570. The maximum absolute atomic E-state index is 12.1. The van der Waals surface area contributed by atoms with Crippen LogP contribution in [0.2, 0.25) is 5.02 Å². The van der Waals surface area contributed by atoms with Gasteiger partial charge in [-0.1, -0.05) is 23.7 Å². The second kappa shape index (κ2) is 8.35. The summed E-state index contributed by atoms with van der Waals surface area (Å²) in [5.41, 5.74) is 0.902. The lowest BCUT2D eigenvalue weighted by atomic mass is 9.84. The molecule has 2 amide bonds. The number of halogens is 1. The van der Waals surface area contributed by atoms with Crippen molar-refractivity contribution in [3.05, 3.63) is 34.9 Å². The van der Waals surface area contributed by atoms with Crippen molar-refractivity contribution in [1.82, 2.24) is 9.96 Å². The summed E-state index contributed by atoms with van der Waals surface area (Å²) in [5, 5.41) is 11.4. The molecule has 1 saturated carbocycles. The number of rotatable bonds is 5. The molecule has 1 aliphatic carbocycles. The molecule has 1 aromatic rings. The number of carboxylic acid groups (broad SMARTS) is 1. The highest BCUT2D eigenvalue weighted by Crippen LogP contribution is 2.30. The maximum atomic E-state index is 12.1. The van der Waals surface area contributed by atoms with E-state index in [0.717, 1.165) is 5.56 Å². The van der Waals surface area contributed by atoms with Crippen LogP contribution in [0.5, 0.6) is 0 Å². The van der Waals surface area contributed by atoms with Crippen LogP contribution in [0.25, 0.3) is 0 Å². The van der Waals surface area contributed by atoms with Crippen LogP contribution in [0.3, 0.4) is 0 Å². The first-order valence-electron chi connectivity index (χ1n) is 7.98. The summed E-state index contributed by atoms with van der Waals surface area (Å²) in [6.45, 7) is 0.327. The van der Waals surface area contributed by atoms with E-state index in [2.05, 4.69) is 0 Å². The van der Waals surface area contributed by atoms with Crippen LogP contribution >= 0.6 is 11.6 Å². The molecular formula is C17H23ClN2O4. The van der Waals surface area contributed by atoms with Gasteiger partial charge in [0.2, 0.25) is 5.91 Å². The molecule has 0 radical (unpaired) electrons. The van der Waals surface area contributed by atoms with E-state index < -0.39 is 6.09 Å². The van der Waals surface area contributed by atoms with Crippen molar-refractivity contribution in [3.63, 3.8) is 0 Å². The number of amides is 2. The van der Waals surface area contributed by atoms with Crippen molar-refractivity contribution in [1.29, 1.82) is 0 Å². The van der Waals surface area contributed by atoms with Gasteiger partial charge in [0.1, 0.15) is 0 Å². The Kier molecular flexibility index (Phi) is 6.45. The summed E-state index contributed by atoms with van der Waals surface area (Å²) in [7, 11) is 3.06. The average Bonchev–Trinajstić information content (AvgIpc) is 2.59. The number of hydrogen-bond acceptors (Lipinski definition) is 3. The molecule has 1 aromatic carbocycles. The fourth-order valence-electron chi connectivity index (χ4n) is 3.12. The number of hydroxylamine groups is 2. The van der Waals surface area contributed by atoms with Gasteiger partial charge in [-0.05, 0) is 43.4 Å². The molecule has 7 heteroatoms. The van der Waals surface area contributed by atoms with Crippen molar-refractivity contribution in [2.75, 3.05) is 14.2 Å². The third kappa shape index (κ3) is 4.61. The topological polar surface area (TPSA) is 70.1 Å². The van der Waals surface area contributed by atoms with E-state index in [4.69, 9.17) is 16.4 Å². The molecule has 1 aliphatic rings. The van der Waals surface area contributed by atoms with Crippen LogP contribution in [0.15, 0.2) is 24.3 Å². The van der Waals surface area contributed by atoms with E-state index in [-0.39, 0.29) is 17.9 Å². The normalized spacial score (nSPS) is 20.5. The number of hydrogen-bond donors (Lipinski definition) is 1. The molecule has 0 saturated heterocycles. The number of benzene rings is 1. The zero-order chi connectivity index (χ0) is 17.7. The smallest absolute Gasteiger partial charge is 0.407 e. The fraction of sp³-hybridized carbons (Fsp3) is 0.529. The van der Waals surface area contributed by atoms with Crippen LogP contribution in [-0.2, 0) is 16.2 Å². The second-order valence-corrected chi connectivity index (χ2v) is 6.50. The summed E-state index contributed by atoms with van der Waals surface area (Å²) in [4.78, 5) is 30.2. The monoisotopic (exact) mass is 354 g/mol. The van der Waals surface area contributed by atoms with Gasteiger partial charge in [-0.25, -0.2) is 9.86 Å². The number of carbonyl (C=O) groups excluding carboxylic acids is 1. The Balaban J connectivity index is 1.97. The molecule has 1 N–H and O–H groups in total. The third-order valence-electron chi connectivity index (χ3n) is 4.58. The SMILES string of the molecule is CON(C)C(=O)[C@H]1CC[C@@H](N(Cc2ccc(Cl)cc2)C(=O)O)CC1. The minimum Gasteiger partial charge on any atom is -0.465 e. The van der Waals surface area contributed by atoms with Gasteiger partial charge >= 0.3 is 6.09 Å². The number of nitrogens with zero attached hydrogens (tertiary/aromatic N) is 2. The van der Waals surface area contributed by atoms with Crippen LogP contribution in [0.1, 0.15) is 31.2 Å². The van der Waals surface area contributed by atoms with Gasteiger partial charge in [-0.3, -0.25) is 9.63 Å². The predicted molar refractivity (Wildman–Crippen MR) is 90.5 cm³/mol. The standard InChI is InChI=1S/C17H23ClN2O4/c1-19(24-2)16(21)13-5-9-15(10-6-13)20(17(22)23)11-12-3-7-14(18)8-4-12/h3-4,7-8,13,15H,5-6,9-11H2,1-2H3,(H,22,23)/t13-,15+. The lowest BCUT2D eigenvalue weighted by Crippen LogP contribution is -2.43. The first kappa shape index (κ1) is 18.5. The minimum atomic E-state index is -0.936. The Hall–Kier alpha value is -1.79. The first-order chi connectivity index (χ1) is 11.4. The summed E-state index contributed by atoms with van der Waals surface area (Å²) < 4.78 is 0. The lowest BCUT2D eigenvalue weighted by molar-refractivity contribution is -0.174. The summed E-state index contributed by atoms with van der Waals surface area (Å²) in [6.07, 6.45) is 1.75. The van der Waals surface area contributed by atoms with Crippen LogP contribution in [0, 0.1) is 5.92 Å². The third-order valence-corrected chi connectivity index (χ3v) is 4.83. The molecule has 0 atom stereocenters. The highest BCUT2D eigenvalue weighted by Gasteiger charge is 2.32. The van der Waals surface area contributed by atoms with E-state index in [9.17, 15) is 14.7 Å². The average molecular weight is 355 g/mol. The van der Waals surface area contributed by atoms with Crippen molar-refractivity contribution in [2.45, 2.75) is 38.3 Å². The molecular weight excluding hydrogens is 332 g/mol. The Morgan fingerprint density at radius 1 is 1.21 bits per heavy atom. The van der Waals surface area contributed by atoms with E-state index in [0.29, 0.717) is 37.3 Å². The molecule has 0 spiro atoms. The maximum Gasteiger partial charge on any atom is 0.407 e. The van der Waals surface area contributed by atoms with Gasteiger partial charge < -0.3 is 10.0 Å². The molecule has 2 rings (SSSR count).